The summed E-state index contributed by atoms with van der Waals surface area (Å²) < 4.78 is 10.2. The fraction of sp³-hybridized carbons (Fsp3) is 1.00. The minimum atomic E-state index is -0.750. The number of ether oxygens (including phenoxy) is 2. The van der Waals surface area contributed by atoms with Crippen LogP contribution < -0.4 is 5.32 Å². The maximum Gasteiger partial charge on any atom is 0.171 e. The molecule has 0 aliphatic rings. The molecule has 0 aromatic heterocycles. The lowest BCUT2D eigenvalue weighted by atomic mass is 10.00. The number of methoxy groups -OCH3 is 2. The second-order valence-electron chi connectivity index (χ2n) is 4.17. The first-order chi connectivity index (χ1) is 6.32. The van der Waals surface area contributed by atoms with E-state index in [1.165, 1.54) is 0 Å². The molecule has 0 aliphatic heterocycles. The van der Waals surface area contributed by atoms with Crippen LogP contribution in [0.3, 0.4) is 0 Å². The molecule has 4 nitrogen and oxygen atoms in total. The van der Waals surface area contributed by atoms with E-state index in [1.54, 1.807) is 28.1 Å². The van der Waals surface area contributed by atoms with Gasteiger partial charge in [0.15, 0.2) is 6.29 Å². The summed E-state index contributed by atoms with van der Waals surface area (Å²) in [5.74, 6) is 0. The molecule has 0 aliphatic carbocycles. The molecule has 86 valence electrons. The zero-order valence-electron chi connectivity index (χ0n) is 10.00. The van der Waals surface area contributed by atoms with Crippen LogP contribution in [0.5, 0.6) is 0 Å². The highest BCUT2D eigenvalue weighted by Gasteiger charge is 2.26. The highest BCUT2D eigenvalue weighted by molar-refractivity contribution is 4.82. The SMILES string of the molecule is COC(OC)C(C)NC(C)C(C)(C)O. The first-order valence-electron chi connectivity index (χ1n) is 4.87. The first-order valence-corrected chi connectivity index (χ1v) is 4.87. The third-order valence-electron chi connectivity index (χ3n) is 2.45. The van der Waals surface area contributed by atoms with Crippen LogP contribution in [0.25, 0.3) is 0 Å². The molecule has 4 heteroatoms. The van der Waals surface area contributed by atoms with E-state index in [4.69, 9.17) is 9.47 Å². The Kier molecular flexibility index (Phi) is 5.59. The molecule has 0 rings (SSSR count). The van der Waals surface area contributed by atoms with Crippen LogP contribution in [-0.2, 0) is 9.47 Å². The molecule has 2 N–H and O–H groups in total. The Morgan fingerprint density at radius 1 is 1.14 bits per heavy atom. The zero-order chi connectivity index (χ0) is 11.4. The van der Waals surface area contributed by atoms with Crippen molar-refractivity contribution in [3.63, 3.8) is 0 Å². The molecule has 14 heavy (non-hydrogen) atoms. The summed E-state index contributed by atoms with van der Waals surface area (Å²) in [6, 6.07) is 0.0109. The molecule has 0 amide bonds. The number of nitrogens with one attached hydrogen (secondary N) is 1. The van der Waals surface area contributed by atoms with Crippen molar-refractivity contribution in [1.29, 1.82) is 0 Å². The molecule has 0 saturated carbocycles. The molecule has 0 radical (unpaired) electrons. The lowest BCUT2D eigenvalue weighted by Gasteiger charge is -2.32. The fourth-order valence-electron chi connectivity index (χ4n) is 1.18. The summed E-state index contributed by atoms with van der Waals surface area (Å²) in [6.07, 6.45) is -0.292. The molecule has 0 fully saturated rings. The Hall–Kier alpha value is -0.160. The smallest absolute Gasteiger partial charge is 0.171 e. The molecule has 0 heterocycles. The van der Waals surface area contributed by atoms with E-state index >= 15 is 0 Å². The van der Waals surface area contributed by atoms with Gasteiger partial charge in [-0.15, -0.1) is 0 Å². The van der Waals surface area contributed by atoms with Crippen molar-refractivity contribution in [2.24, 2.45) is 0 Å². The van der Waals surface area contributed by atoms with Gasteiger partial charge in [-0.25, -0.2) is 0 Å². The van der Waals surface area contributed by atoms with E-state index in [0.29, 0.717) is 0 Å². The number of aliphatic hydroxyl groups is 1. The van der Waals surface area contributed by atoms with Crippen molar-refractivity contribution in [2.75, 3.05) is 14.2 Å². The second kappa shape index (κ2) is 5.66. The Bertz CT molecular complexity index is 152. The molecule has 0 spiro atoms. The fourth-order valence-corrected chi connectivity index (χ4v) is 1.18. The predicted octanol–water partition coefficient (Wildman–Crippen LogP) is 0.743. The van der Waals surface area contributed by atoms with Crippen molar-refractivity contribution in [3.05, 3.63) is 0 Å². The number of hydrogen-bond acceptors (Lipinski definition) is 4. The highest BCUT2D eigenvalue weighted by Crippen LogP contribution is 2.10. The standard InChI is InChI=1S/C10H23NO3/c1-7(9(13-5)14-6)11-8(2)10(3,4)12/h7-9,11-12H,1-6H3. The van der Waals surface area contributed by atoms with Gasteiger partial charge in [0, 0.05) is 20.3 Å². The third-order valence-corrected chi connectivity index (χ3v) is 2.45. The molecule has 0 aromatic carbocycles. The maximum absolute atomic E-state index is 9.72. The van der Waals surface area contributed by atoms with E-state index in [-0.39, 0.29) is 18.4 Å². The third kappa shape index (κ3) is 4.37. The Morgan fingerprint density at radius 3 is 1.86 bits per heavy atom. The predicted molar refractivity (Wildman–Crippen MR) is 56.2 cm³/mol. The lowest BCUT2D eigenvalue weighted by molar-refractivity contribution is -0.124. The maximum atomic E-state index is 9.72. The van der Waals surface area contributed by atoms with Crippen LogP contribution in [-0.4, -0.2) is 43.3 Å². The van der Waals surface area contributed by atoms with Gasteiger partial charge >= 0.3 is 0 Å². The second-order valence-corrected chi connectivity index (χ2v) is 4.17. The minimum Gasteiger partial charge on any atom is -0.389 e. The van der Waals surface area contributed by atoms with E-state index in [0.717, 1.165) is 0 Å². The normalized spacial score (nSPS) is 17.1. The van der Waals surface area contributed by atoms with Gasteiger partial charge < -0.3 is 19.9 Å². The molecular weight excluding hydrogens is 182 g/mol. The summed E-state index contributed by atoms with van der Waals surface area (Å²) in [4.78, 5) is 0. The van der Waals surface area contributed by atoms with Crippen LogP contribution in [0, 0.1) is 0 Å². The topological polar surface area (TPSA) is 50.7 Å². The van der Waals surface area contributed by atoms with Gasteiger partial charge in [0.05, 0.1) is 11.6 Å². The lowest BCUT2D eigenvalue weighted by Crippen LogP contribution is -2.52. The van der Waals surface area contributed by atoms with E-state index in [1.807, 2.05) is 13.8 Å². The average Bonchev–Trinajstić information content (AvgIpc) is 2.04. The van der Waals surface area contributed by atoms with Gasteiger partial charge in [-0.1, -0.05) is 0 Å². The average molecular weight is 205 g/mol. The summed E-state index contributed by atoms with van der Waals surface area (Å²) in [6.45, 7) is 7.43. The van der Waals surface area contributed by atoms with Crippen LogP contribution in [0.1, 0.15) is 27.7 Å². The molecule has 0 bridgehead atoms. The van der Waals surface area contributed by atoms with E-state index in [9.17, 15) is 5.11 Å². The largest absolute Gasteiger partial charge is 0.389 e. The molecular formula is C10H23NO3. The van der Waals surface area contributed by atoms with Crippen molar-refractivity contribution < 1.29 is 14.6 Å². The summed E-state index contributed by atoms with van der Waals surface area (Å²) in [5.41, 5.74) is -0.750. The molecule has 2 unspecified atom stereocenters. The van der Waals surface area contributed by atoms with Gasteiger partial charge in [0.2, 0.25) is 0 Å². The Balaban J connectivity index is 4.10. The first kappa shape index (κ1) is 13.8. The quantitative estimate of drug-likeness (QED) is 0.628. The van der Waals surface area contributed by atoms with Crippen LogP contribution in [0.15, 0.2) is 0 Å². The van der Waals surface area contributed by atoms with Gasteiger partial charge in [0.1, 0.15) is 0 Å². The highest BCUT2D eigenvalue weighted by atomic mass is 16.7. The molecule has 0 aromatic rings. The van der Waals surface area contributed by atoms with Crippen molar-refractivity contribution in [1.82, 2.24) is 5.32 Å². The Morgan fingerprint density at radius 2 is 1.57 bits per heavy atom. The number of hydrogen-bond donors (Lipinski definition) is 2. The van der Waals surface area contributed by atoms with E-state index in [2.05, 4.69) is 5.32 Å². The molecule has 2 atom stereocenters. The van der Waals surface area contributed by atoms with Crippen molar-refractivity contribution in [3.8, 4) is 0 Å². The van der Waals surface area contributed by atoms with Gasteiger partial charge in [-0.05, 0) is 27.7 Å². The number of rotatable bonds is 6. The zero-order valence-corrected chi connectivity index (χ0v) is 10.00. The summed E-state index contributed by atoms with van der Waals surface area (Å²) in [5, 5.41) is 12.9. The summed E-state index contributed by atoms with van der Waals surface area (Å²) in [7, 11) is 3.20. The van der Waals surface area contributed by atoms with Gasteiger partial charge in [-0.3, -0.25) is 0 Å². The monoisotopic (exact) mass is 205 g/mol. The minimum absolute atomic E-state index is 0.0229. The van der Waals surface area contributed by atoms with Crippen LogP contribution in [0.4, 0.5) is 0 Å². The van der Waals surface area contributed by atoms with Crippen molar-refractivity contribution in [2.45, 2.75) is 51.7 Å². The van der Waals surface area contributed by atoms with Gasteiger partial charge in [-0.2, -0.15) is 0 Å². The Labute approximate surface area is 86.6 Å². The summed E-state index contributed by atoms with van der Waals surface area (Å²) >= 11 is 0. The van der Waals surface area contributed by atoms with E-state index < -0.39 is 5.60 Å². The molecule has 0 saturated heterocycles. The van der Waals surface area contributed by atoms with Crippen LogP contribution in [0.2, 0.25) is 0 Å². The van der Waals surface area contributed by atoms with Crippen molar-refractivity contribution >= 4 is 0 Å². The van der Waals surface area contributed by atoms with Gasteiger partial charge in [0.25, 0.3) is 0 Å². The van der Waals surface area contributed by atoms with Crippen LogP contribution >= 0.6 is 0 Å².